The van der Waals surface area contributed by atoms with Crippen molar-refractivity contribution >= 4 is 15.7 Å². The van der Waals surface area contributed by atoms with Crippen LogP contribution in [0.1, 0.15) is 5.56 Å². The third-order valence-corrected chi connectivity index (χ3v) is 5.30. The topological polar surface area (TPSA) is 55.8 Å². The maximum atomic E-state index is 14.1. The van der Waals surface area contributed by atoms with Crippen LogP contribution >= 0.6 is 0 Å². The Balaban J connectivity index is 2.58. The molecule has 5 nitrogen and oxygen atoms in total. The van der Waals surface area contributed by atoms with Crippen molar-refractivity contribution in [2.45, 2.75) is 11.8 Å². The molecule has 0 saturated carbocycles. The number of hydrogen-bond donors (Lipinski definition) is 0. The van der Waals surface area contributed by atoms with Crippen molar-refractivity contribution in [1.29, 1.82) is 0 Å². The number of aryl methyl sites for hydroxylation is 1. The second kappa shape index (κ2) is 6.64. The summed E-state index contributed by atoms with van der Waals surface area (Å²) in [6.07, 6.45) is 0. The lowest BCUT2D eigenvalue weighted by molar-refractivity contribution is 0.394. The van der Waals surface area contributed by atoms with Gasteiger partial charge in [0.05, 0.1) is 19.9 Å². The van der Waals surface area contributed by atoms with E-state index in [1.807, 2.05) is 0 Å². The van der Waals surface area contributed by atoms with Crippen LogP contribution in [0, 0.1) is 18.6 Å². The Kier molecular flexibility index (Phi) is 4.98. The van der Waals surface area contributed by atoms with Gasteiger partial charge in [-0.3, -0.25) is 4.31 Å². The number of anilines is 1. The highest BCUT2D eigenvalue weighted by Gasteiger charge is 2.29. The summed E-state index contributed by atoms with van der Waals surface area (Å²) in [6, 6.07) is 6.33. The SMILES string of the molecule is COc1cc(OC)cc(N(C)S(=O)(=O)c2c(F)cc(C)cc2F)c1. The zero-order valence-corrected chi connectivity index (χ0v) is 14.4. The summed E-state index contributed by atoms with van der Waals surface area (Å²) >= 11 is 0. The molecule has 0 aliphatic rings. The van der Waals surface area contributed by atoms with Crippen LogP contribution in [0.25, 0.3) is 0 Å². The Bertz CT molecular complexity index is 823. The molecule has 0 spiro atoms. The molecule has 2 aromatic rings. The highest BCUT2D eigenvalue weighted by Crippen LogP contribution is 2.32. The molecule has 0 amide bonds. The first-order valence-electron chi connectivity index (χ1n) is 6.88. The molecule has 0 aromatic heterocycles. The average molecular weight is 357 g/mol. The molecule has 0 saturated heterocycles. The van der Waals surface area contributed by atoms with Gasteiger partial charge in [0.2, 0.25) is 0 Å². The summed E-state index contributed by atoms with van der Waals surface area (Å²) in [5.74, 6) is -1.60. The minimum Gasteiger partial charge on any atom is -0.497 e. The van der Waals surface area contributed by atoms with Crippen molar-refractivity contribution in [3.05, 3.63) is 47.5 Å². The van der Waals surface area contributed by atoms with Crippen LogP contribution in [0.15, 0.2) is 35.2 Å². The summed E-state index contributed by atoms with van der Waals surface area (Å²) in [7, 11) is -0.433. The molecular formula is C16H17F2NO4S. The number of hydrogen-bond acceptors (Lipinski definition) is 4. The molecule has 0 bridgehead atoms. The summed E-state index contributed by atoms with van der Waals surface area (Å²) in [6.45, 7) is 1.47. The molecule has 0 N–H and O–H groups in total. The van der Waals surface area contributed by atoms with Crippen molar-refractivity contribution in [2.24, 2.45) is 0 Å². The number of methoxy groups -OCH3 is 2. The molecule has 0 aliphatic carbocycles. The molecule has 0 aliphatic heterocycles. The van der Waals surface area contributed by atoms with Gasteiger partial charge in [-0.2, -0.15) is 0 Å². The fourth-order valence-corrected chi connectivity index (χ4v) is 3.45. The molecular weight excluding hydrogens is 340 g/mol. The molecule has 2 rings (SSSR count). The van der Waals surface area contributed by atoms with E-state index in [1.165, 1.54) is 40.3 Å². The molecule has 8 heteroatoms. The average Bonchev–Trinajstić information content (AvgIpc) is 2.52. The molecule has 2 aromatic carbocycles. The van der Waals surface area contributed by atoms with E-state index in [0.29, 0.717) is 11.5 Å². The largest absolute Gasteiger partial charge is 0.497 e. The fraction of sp³-hybridized carbons (Fsp3) is 0.250. The molecule has 24 heavy (non-hydrogen) atoms. The first kappa shape index (κ1) is 18.0. The number of sulfonamides is 1. The second-order valence-electron chi connectivity index (χ2n) is 5.10. The summed E-state index contributed by atoms with van der Waals surface area (Å²) in [4.78, 5) is -1.00. The lowest BCUT2D eigenvalue weighted by atomic mass is 10.2. The summed E-state index contributed by atoms with van der Waals surface area (Å²) in [5, 5.41) is 0. The van der Waals surface area contributed by atoms with Crippen LogP contribution in [0.2, 0.25) is 0 Å². The van der Waals surface area contributed by atoms with Gasteiger partial charge in [0.25, 0.3) is 10.0 Å². The molecule has 0 atom stereocenters. The molecule has 130 valence electrons. The van der Waals surface area contributed by atoms with E-state index < -0.39 is 26.6 Å². The van der Waals surface area contributed by atoms with Crippen molar-refractivity contribution < 1.29 is 26.7 Å². The van der Waals surface area contributed by atoms with Gasteiger partial charge in [-0.15, -0.1) is 0 Å². The van der Waals surface area contributed by atoms with Gasteiger partial charge < -0.3 is 9.47 Å². The second-order valence-corrected chi connectivity index (χ2v) is 7.01. The van der Waals surface area contributed by atoms with E-state index in [0.717, 1.165) is 16.4 Å². The number of ether oxygens (including phenoxy) is 2. The van der Waals surface area contributed by atoms with Gasteiger partial charge >= 0.3 is 0 Å². The number of halogens is 2. The van der Waals surface area contributed by atoms with E-state index in [2.05, 4.69) is 0 Å². The standard InChI is InChI=1S/C16H17F2NO4S/c1-10-5-14(17)16(15(18)6-10)24(20,21)19(2)11-7-12(22-3)9-13(8-11)23-4/h5-9H,1-4H3. The van der Waals surface area contributed by atoms with Gasteiger partial charge in [-0.05, 0) is 24.6 Å². The van der Waals surface area contributed by atoms with Crippen LogP contribution in [-0.4, -0.2) is 29.7 Å². The lowest BCUT2D eigenvalue weighted by Gasteiger charge is -2.21. The molecule has 0 heterocycles. The predicted molar refractivity (Wildman–Crippen MR) is 86.2 cm³/mol. The van der Waals surface area contributed by atoms with E-state index in [9.17, 15) is 17.2 Å². The highest BCUT2D eigenvalue weighted by atomic mass is 32.2. The van der Waals surface area contributed by atoms with E-state index in [4.69, 9.17) is 9.47 Å². The lowest BCUT2D eigenvalue weighted by Crippen LogP contribution is -2.28. The predicted octanol–water partition coefficient (Wildman–Crippen LogP) is 3.12. The smallest absolute Gasteiger partial charge is 0.269 e. The van der Waals surface area contributed by atoms with Crippen LogP contribution in [0.5, 0.6) is 11.5 Å². The monoisotopic (exact) mass is 357 g/mol. The van der Waals surface area contributed by atoms with E-state index >= 15 is 0 Å². The van der Waals surface area contributed by atoms with Crippen LogP contribution in [0.3, 0.4) is 0 Å². The minimum atomic E-state index is -4.45. The Morgan fingerprint density at radius 3 is 1.79 bits per heavy atom. The Morgan fingerprint density at radius 2 is 1.38 bits per heavy atom. The summed E-state index contributed by atoms with van der Waals surface area (Å²) in [5.41, 5.74) is 0.431. The maximum absolute atomic E-state index is 14.1. The Labute approximate surface area is 139 Å². The van der Waals surface area contributed by atoms with Crippen molar-refractivity contribution in [1.82, 2.24) is 0 Å². The van der Waals surface area contributed by atoms with Crippen LogP contribution < -0.4 is 13.8 Å². The molecule has 0 radical (unpaired) electrons. The van der Waals surface area contributed by atoms with Crippen LogP contribution in [-0.2, 0) is 10.0 Å². The third-order valence-electron chi connectivity index (χ3n) is 3.46. The third kappa shape index (κ3) is 3.28. The van der Waals surface area contributed by atoms with Gasteiger partial charge in [0, 0.05) is 25.2 Å². The number of nitrogens with zero attached hydrogens (tertiary/aromatic N) is 1. The van der Waals surface area contributed by atoms with E-state index in [-0.39, 0.29) is 11.3 Å². The molecule has 0 fully saturated rings. The van der Waals surface area contributed by atoms with Crippen molar-refractivity contribution in [2.75, 3.05) is 25.6 Å². The Morgan fingerprint density at radius 1 is 0.917 bits per heavy atom. The van der Waals surface area contributed by atoms with Gasteiger partial charge in [-0.25, -0.2) is 17.2 Å². The number of benzene rings is 2. The Hall–Kier alpha value is -2.35. The van der Waals surface area contributed by atoms with Gasteiger partial charge in [0.15, 0.2) is 4.90 Å². The zero-order valence-electron chi connectivity index (χ0n) is 13.6. The zero-order chi connectivity index (χ0) is 18.1. The molecule has 0 unspecified atom stereocenters. The quantitative estimate of drug-likeness (QED) is 0.825. The van der Waals surface area contributed by atoms with E-state index in [1.54, 1.807) is 6.07 Å². The highest BCUT2D eigenvalue weighted by molar-refractivity contribution is 7.92. The van der Waals surface area contributed by atoms with Crippen LogP contribution in [0.4, 0.5) is 14.5 Å². The first-order chi connectivity index (χ1) is 11.2. The minimum absolute atomic E-state index is 0.144. The first-order valence-corrected chi connectivity index (χ1v) is 8.32. The van der Waals surface area contributed by atoms with Gasteiger partial charge in [0.1, 0.15) is 23.1 Å². The normalized spacial score (nSPS) is 11.2. The maximum Gasteiger partial charge on any atom is 0.269 e. The van der Waals surface area contributed by atoms with Crippen molar-refractivity contribution in [3.8, 4) is 11.5 Å². The summed E-state index contributed by atoms with van der Waals surface area (Å²) < 4.78 is 64.4. The van der Waals surface area contributed by atoms with Gasteiger partial charge in [-0.1, -0.05) is 0 Å². The fourth-order valence-electron chi connectivity index (χ4n) is 2.18. The van der Waals surface area contributed by atoms with Crippen molar-refractivity contribution in [3.63, 3.8) is 0 Å². The number of rotatable bonds is 5.